The van der Waals surface area contributed by atoms with E-state index in [1.54, 1.807) is 24.1 Å². The number of halogens is 1. The highest BCUT2D eigenvalue weighted by Crippen LogP contribution is 2.33. The molecule has 3 aromatic rings. The highest BCUT2D eigenvalue weighted by atomic mass is 35.5. The lowest BCUT2D eigenvalue weighted by Crippen LogP contribution is -2.49. The van der Waals surface area contributed by atoms with Gasteiger partial charge in [-0.2, -0.15) is 0 Å². The largest absolute Gasteiger partial charge is 0.454 e. The van der Waals surface area contributed by atoms with Crippen LogP contribution >= 0.6 is 11.6 Å². The Kier molecular flexibility index (Phi) is 7.70. The molecule has 1 aliphatic rings. The molecule has 0 saturated carbocycles. The molecule has 1 aliphatic heterocycles. The summed E-state index contributed by atoms with van der Waals surface area (Å²) < 4.78 is 10.8. The number of amides is 2. The maximum Gasteiger partial charge on any atom is 0.242 e. The van der Waals surface area contributed by atoms with Crippen LogP contribution in [0, 0.1) is 0 Å². The SMILES string of the molecule is CNC(=O)C(Cc1ccccc1)N(Cc1ccc(Cl)cc1)C(=O)CCc1ccc2c(c1)OCO2. The summed E-state index contributed by atoms with van der Waals surface area (Å²) in [6.45, 7) is 0.516. The van der Waals surface area contributed by atoms with E-state index in [1.165, 1.54) is 0 Å². The van der Waals surface area contributed by atoms with Gasteiger partial charge in [0.25, 0.3) is 0 Å². The number of hydrogen-bond donors (Lipinski definition) is 1. The Labute approximate surface area is 204 Å². The molecule has 34 heavy (non-hydrogen) atoms. The van der Waals surface area contributed by atoms with Crippen molar-refractivity contribution in [3.8, 4) is 11.5 Å². The fourth-order valence-corrected chi connectivity index (χ4v) is 4.12. The van der Waals surface area contributed by atoms with Crippen molar-refractivity contribution in [2.75, 3.05) is 13.8 Å². The van der Waals surface area contributed by atoms with Crippen LogP contribution in [0.4, 0.5) is 0 Å². The van der Waals surface area contributed by atoms with E-state index in [4.69, 9.17) is 21.1 Å². The normalized spacial score (nSPS) is 12.8. The van der Waals surface area contributed by atoms with Gasteiger partial charge in [-0.25, -0.2) is 0 Å². The van der Waals surface area contributed by atoms with Crippen molar-refractivity contribution in [1.29, 1.82) is 0 Å². The van der Waals surface area contributed by atoms with Crippen LogP contribution in [0.1, 0.15) is 23.1 Å². The first-order valence-electron chi connectivity index (χ1n) is 11.2. The Morgan fingerprint density at radius 3 is 2.38 bits per heavy atom. The zero-order valence-corrected chi connectivity index (χ0v) is 19.8. The maximum absolute atomic E-state index is 13.5. The number of fused-ring (bicyclic) bond motifs is 1. The lowest BCUT2D eigenvalue weighted by molar-refractivity contribution is -0.141. The maximum atomic E-state index is 13.5. The van der Waals surface area contributed by atoms with Crippen LogP contribution in [0.2, 0.25) is 5.02 Å². The van der Waals surface area contributed by atoms with Crippen LogP contribution in [-0.2, 0) is 29.0 Å². The van der Waals surface area contributed by atoms with Crippen LogP contribution < -0.4 is 14.8 Å². The number of nitrogens with zero attached hydrogens (tertiary/aromatic N) is 1. The molecule has 1 atom stereocenters. The molecule has 1 N–H and O–H groups in total. The summed E-state index contributed by atoms with van der Waals surface area (Å²) >= 11 is 6.05. The molecule has 0 radical (unpaired) electrons. The quantitative estimate of drug-likeness (QED) is 0.495. The minimum absolute atomic E-state index is 0.0999. The zero-order chi connectivity index (χ0) is 23.9. The molecule has 1 unspecified atom stereocenters. The minimum Gasteiger partial charge on any atom is -0.454 e. The topological polar surface area (TPSA) is 67.9 Å². The Balaban J connectivity index is 1.56. The van der Waals surface area contributed by atoms with Crippen molar-refractivity contribution in [3.63, 3.8) is 0 Å². The van der Waals surface area contributed by atoms with Gasteiger partial charge in [0.2, 0.25) is 18.6 Å². The highest BCUT2D eigenvalue weighted by molar-refractivity contribution is 6.30. The van der Waals surface area contributed by atoms with Crippen LogP contribution in [0.15, 0.2) is 72.8 Å². The summed E-state index contributed by atoms with van der Waals surface area (Å²) in [5.41, 5.74) is 2.87. The average Bonchev–Trinajstić information content (AvgIpc) is 3.34. The standard InChI is InChI=1S/C27H27ClN2O4/c1-29-27(32)23(15-19-5-3-2-4-6-19)30(17-21-7-11-22(28)12-8-21)26(31)14-10-20-9-13-24-25(16-20)34-18-33-24/h2-9,11-13,16,23H,10,14-15,17-18H2,1H3,(H,29,32). The van der Waals surface area contributed by atoms with Gasteiger partial charge < -0.3 is 19.7 Å². The molecule has 0 fully saturated rings. The number of likely N-dealkylation sites (N-methyl/N-ethyl adjacent to an activating group) is 1. The molecular weight excluding hydrogens is 452 g/mol. The van der Waals surface area contributed by atoms with Gasteiger partial charge in [-0.15, -0.1) is 0 Å². The van der Waals surface area contributed by atoms with Crippen LogP contribution in [0.25, 0.3) is 0 Å². The highest BCUT2D eigenvalue weighted by Gasteiger charge is 2.29. The molecule has 1 heterocycles. The molecule has 2 amide bonds. The summed E-state index contributed by atoms with van der Waals surface area (Å²) in [5, 5.41) is 3.36. The smallest absolute Gasteiger partial charge is 0.242 e. The van der Waals surface area contributed by atoms with Gasteiger partial charge in [0.1, 0.15) is 6.04 Å². The van der Waals surface area contributed by atoms with Crippen molar-refractivity contribution >= 4 is 23.4 Å². The van der Waals surface area contributed by atoms with Crippen molar-refractivity contribution in [2.45, 2.75) is 31.8 Å². The number of carbonyl (C=O) groups excluding carboxylic acids is 2. The molecule has 6 nitrogen and oxygen atoms in total. The lowest BCUT2D eigenvalue weighted by atomic mass is 10.0. The number of nitrogens with one attached hydrogen (secondary N) is 1. The predicted octanol–water partition coefficient (Wildman–Crippen LogP) is 4.39. The average molecular weight is 479 g/mol. The first-order chi connectivity index (χ1) is 16.5. The van der Waals surface area contributed by atoms with Gasteiger partial charge in [0, 0.05) is 31.5 Å². The van der Waals surface area contributed by atoms with Crippen LogP contribution in [0.5, 0.6) is 11.5 Å². The van der Waals surface area contributed by atoms with E-state index >= 15 is 0 Å². The second-order valence-corrected chi connectivity index (χ2v) is 8.59. The summed E-state index contributed by atoms with van der Waals surface area (Å²) in [4.78, 5) is 28.2. The van der Waals surface area contributed by atoms with Crippen molar-refractivity contribution in [1.82, 2.24) is 10.2 Å². The molecule has 4 rings (SSSR count). The zero-order valence-electron chi connectivity index (χ0n) is 19.0. The number of carbonyl (C=O) groups is 2. The Bertz CT molecular complexity index is 1140. The van der Waals surface area contributed by atoms with Gasteiger partial charge in [0.05, 0.1) is 0 Å². The van der Waals surface area contributed by atoms with Crippen molar-refractivity contribution in [3.05, 3.63) is 94.5 Å². The number of ether oxygens (including phenoxy) is 2. The van der Waals surface area contributed by atoms with E-state index in [2.05, 4.69) is 5.32 Å². The second kappa shape index (κ2) is 11.1. The summed E-state index contributed by atoms with van der Waals surface area (Å²) in [7, 11) is 1.60. The van der Waals surface area contributed by atoms with E-state index in [0.717, 1.165) is 16.7 Å². The number of benzene rings is 3. The minimum atomic E-state index is -0.646. The molecule has 0 aliphatic carbocycles. The first kappa shape index (κ1) is 23.6. The fraction of sp³-hybridized carbons (Fsp3) is 0.259. The number of hydrogen-bond acceptors (Lipinski definition) is 4. The third-order valence-electron chi connectivity index (χ3n) is 5.85. The van der Waals surface area contributed by atoms with Gasteiger partial charge in [-0.05, 0) is 47.4 Å². The van der Waals surface area contributed by atoms with E-state index in [-0.39, 0.29) is 25.0 Å². The summed E-state index contributed by atoms with van der Waals surface area (Å²) in [6.07, 6.45) is 1.21. The van der Waals surface area contributed by atoms with Gasteiger partial charge in [-0.3, -0.25) is 9.59 Å². The lowest BCUT2D eigenvalue weighted by Gasteiger charge is -2.31. The molecule has 7 heteroatoms. The summed E-state index contributed by atoms with van der Waals surface area (Å²) in [6, 6.07) is 22.1. The van der Waals surface area contributed by atoms with E-state index in [0.29, 0.717) is 35.9 Å². The van der Waals surface area contributed by atoms with E-state index < -0.39 is 6.04 Å². The molecule has 0 spiro atoms. The predicted molar refractivity (Wildman–Crippen MR) is 131 cm³/mol. The molecule has 176 valence electrons. The second-order valence-electron chi connectivity index (χ2n) is 8.16. The van der Waals surface area contributed by atoms with Gasteiger partial charge in [0.15, 0.2) is 11.5 Å². The van der Waals surface area contributed by atoms with Crippen molar-refractivity contribution < 1.29 is 19.1 Å². The molecule has 0 aromatic heterocycles. The number of rotatable bonds is 9. The molecule has 0 bridgehead atoms. The van der Waals surface area contributed by atoms with Crippen molar-refractivity contribution in [2.24, 2.45) is 0 Å². The Morgan fingerprint density at radius 1 is 0.941 bits per heavy atom. The molecular formula is C27H27ClN2O4. The Morgan fingerprint density at radius 2 is 1.65 bits per heavy atom. The van der Waals surface area contributed by atoms with Gasteiger partial charge >= 0.3 is 0 Å². The van der Waals surface area contributed by atoms with Crippen LogP contribution in [-0.4, -0.2) is 36.6 Å². The first-order valence-corrected chi connectivity index (χ1v) is 11.6. The molecule has 3 aromatic carbocycles. The molecule has 0 saturated heterocycles. The van der Waals surface area contributed by atoms with Crippen LogP contribution in [0.3, 0.4) is 0 Å². The monoisotopic (exact) mass is 478 g/mol. The third kappa shape index (κ3) is 5.88. The fourth-order valence-electron chi connectivity index (χ4n) is 4.00. The Hall–Kier alpha value is -3.51. The van der Waals surface area contributed by atoms with E-state index in [9.17, 15) is 9.59 Å². The third-order valence-corrected chi connectivity index (χ3v) is 6.10. The van der Waals surface area contributed by atoms with E-state index in [1.807, 2.05) is 60.7 Å². The number of aryl methyl sites for hydroxylation is 1. The summed E-state index contributed by atoms with van der Waals surface area (Å²) in [5.74, 6) is 1.10. The van der Waals surface area contributed by atoms with Gasteiger partial charge in [-0.1, -0.05) is 60.1 Å².